The molecule has 0 aliphatic rings. The molecule has 2 aromatic rings. The molecule has 4 heteroatoms. The van der Waals surface area contributed by atoms with E-state index in [0.29, 0.717) is 17.7 Å². The molecule has 1 aromatic heterocycles. The standard InChI is InChI=1S/C14H11N3O/c15-8-11-3-1-4-12(7-11)9-17-14(18)13-5-2-6-16-10-13/h1-7,10H,9H2,(H,17,18). The van der Waals surface area contributed by atoms with Crippen LogP contribution in [0.25, 0.3) is 0 Å². The maximum atomic E-state index is 11.8. The summed E-state index contributed by atoms with van der Waals surface area (Å²) in [5.74, 6) is -0.175. The molecule has 2 rings (SSSR count). The Labute approximate surface area is 105 Å². The predicted octanol–water partition coefficient (Wildman–Crippen LogP) is 1.88. The second-order valence-electron chi connectivity index (χ2n) is 3.74. The van der Waals surface area contributed by atoms with Crippen molar-refractivity contribution in [1.29, 1.82) is 5.26 Å². The average molecular weight is 237 g/mol. The number of benzene rings is 1. The van der Waals surface area contributed by atoms with Gasteiger partial charge in [0, 0.05) is 18.9 Å². The summed E-state index contributed by atoms with van der Waals surface area (Å²) in [5, 5.41) is 11.6. The van der Waals surface area contributed by atoms with Crippen molar-refractivity contribution >= 4 is 5.91 Å². The van der Waals surface area contributed by atoms with E-state index < -0.39 is 0 Å². The smallest absolute Gasteiger partial charge is 0.253 e. The average Bonchev–Trinajstić information content (AvgIpc) is 2.46. The summed E-state index contributed by atoms with van der Waals surface area (Å²) in [6.07, 6.45) is 3.13. The highest BCUT2D eigenvalue weighted by molar-refractivity contribution is 5.93. The molecule has 0 fully saturated rings. The van der Waals surface area contributed by atoms with Crippen LogP contribution in [0.15, 0.2) is 48.8 Å². The first-order chi connectivity index (χ1) is 8.79. The van der Waals surface area contributed by atoms with Gasteiger partial charge >= 0.3 is 0 Å². The van der Waals surface area contributed by atoms with Crippen LogP contribution in [0.4, 0.5) is 0 Å². The van der Waals surface area contributed by atoms with Gasteiger partial charge in [-0.05, 0) is 29.8 Å². The minimum Gasteiger partial charge on any atom is -0.348 e. The van der Waals surface area contributed by atoms with Gasteiger partial charge in [-0.2, -0.15) is 5.26 Å². The molecule has 4 nitrogen and oxygen atoms in total. The van der Waals surface area contributed by atoms with Crippen molar-refractivity contribution in [2.24, 2.45) is 0 Å². The van der Waals surface area contributed by atoms with Crippen LogP contribution in [0, 0.1) is 11.3 Å². The van der Waals surface area contributed by atoms with E-state index in [2.05, 4.69) is 16.4 Å². The van der Waals surface area contributed by atoms with Gasteiger partial charge in [0.15, 0.2) is 0 Å². The second-order valence-corrected chi connectivity index (χ2v) is 3.74. The van der Waals surface area contributed by atoms with Crippen molar-refractivity contribution in [1.82, 2.24) is 10.3 Å². The van der Waals surface area contributed by atoms with Gasteiger partial charge in [0.25, 0.3) is 5.91 Å². The van der Waals surface area contributed by atoms with Gasteiger partial charge in [0.1, 0.15) is 0 Å². The van der Waals surface area contributed by atoms with Crippen molar-refractivity contribution in [2.45, 2.75) is 6.54 Å². The highest BCUT2D eigenvalue weighted by atomic mass is 16.1. The molecule has 1 N–H and O–H groups in total. The van der Waals surface area contributed by atoms with Crippen LogP contribution >= 0.6 is 0 Å². The lowest BCUT2D eigenvalue weighted by Crippen LogP contribution is -2.22. The summed E-state index contributed by atoms with van der Waals surface area (Å²) in [5.41, 5.74) is 2.00. The van der Waals surface area contributed by atoms with E-state index >= 15 is 0 Å². The Morgan fingerprint density at radius 3 is 2.94 bits per heavy atom. The first-order valence-corrected chi connectivity index (χ1v) is 5.47. The van der Waals surface area contributed by atoms with Crippen molar-refractivity contribution in [3.63, 3.8) is 0 Å². The van der Waals surface area contributed by atoms with Crippen LogP contribution in [-0.2, 0) is 6.54 Å². The number of amides is 1. The molecule has 0 atom stereocenters. The first kappa shape index (κ1) is 11.8. The zero-order chi connectivity index (χ0) is 12.8. The van der Waals surface area contributed by atoms with Gasteiger partial charge in [0.05, 0.1) is 17.2 Å². The van der Waals surface area contributed by atoms with Crippen LogP contribution in [0.2, 0.25) is 0 Å². The van der Waals surface area contributed by atoms with Crippen LogP contribution in [0.1, 0.15) is 21.5 Å². The molecule has 0 aliphatic heterocycles. The summed E-state index contributed by atoms with van der Waals surface area (Å²) in [6, 6.07) is 12.6. The van der Waals surface area contributed by atoms with E-state index in [1.54, 1.807) is 36.5 Å². The lowest BCUT2D eigenvalue weighted by atomic mass is 10.1. The zero-order valence-electron chi connectivity index (χ0n) is 9.63. The van der Waals surface area contributed by atoms with Crippen LogP contribution in [-0.4, -0.2) is 10.9 Å². The number of hydrogen-bond acceptors (Lipinski definition) is 3. The Morgan fingerprint density at radius 2 is 2.22 bits per heavy atom. The third kappa shape index (κ3) is 2.92. The third-order valence-corrected chi connectivity index (χ3v) is 2.43. The summed E-state index contributed by atoms with van der Waals surface area (Å²) >= 11 is 0. The summed E-state index contributed by atoms with van der Waals surface area (Å²) in [6.45, 7) is 0.392. The van der Waals surface area contributed by atoms with E-state index in [1.807, 2.05) is 6.07 Å². The van der Waals surface area contributed by atoms with Crippen molar-refractivity contribution in [3.8, 4) is 6.07 Å². The lowest BCUT2D eigenvalue weighted by molar-refractivity contribution is 0.0950. The summed E-state index contributed by atoms with van der Waals surface area (Å²) in [7, 11) is 0. The number of carbonyl (C=O) groups excluding carboxylic acids is 1. The van der Waals surface area contributed by atoms with E-state index in [0.717, 1.165) is 5.56 Å². The number of hydrogen-bond donors (Lipinski definition) is 1. The number of carbonyl (C=O) groups is 1. The fourth-order valence-electron chi connectivity index (χ4n) is 1.53. The zero-order valence-corrected chi connectivity index (χ0v) is 9.63. The van der Waals surface area contributed by atoms with Gasteiger partial charge in [-0.25, -0.2) is 0 Å². The maximum Gasteiger partial charge on any atom is 0.253 e. The van der Waals surface area contributed by atoms with E-state index in [-0.39, 0.29) is 5.91 Å². The van der Waals surface area contributed by atoms with Gasteiger partial charge < -0.3 is 5.32 Å². The minimum absolute atomic E-state index is 0.175. The quantitative estimate of drug-likeness (QED) is 0.886. The van der Waals surface area contributed by atoms with Crippen LogP contribution < -0.4 is 5.32 Å². The molecular formula is C14H11N3O. The Hall–Kier alpha value is -2.67. The van der Waals surface area contributed by atoms with Crippen LogP contribution in [0.3, 0.4) is 0 Å². The van der Waals surface area contributed by atoms with Gasteiger partial charge in [0.2, 0.25) is 0 Å². The molecule has 18 heavy (non-hydrogen) atoms. The molecule has 1 heterocycles. The molecule has 88 valence electrons. The SMILES string of the molecule is N#Cc1cccc(CNC(=O)c2cccnc2)c1. The maximum absolute atomic E-state index is 11.8. The Balaban J connectivity index is 2.00. The highest BCUT2D eigenvalue weighted by Gasteiger charge is 2.04. The topological polar surface area (TPSA) is 65.8 Å². The molecule has 1 amide bonds. The largest absolute Gasteiger partial charge is 0.348 e. The fourth-order valence-corrected chi connectivity index (χ4v) is 1.53. The molecule has 0 unspecified atom stereocenters. The molecule has 0 aliphatic carbocycles. The molecular weight excluding hydrogens is 226 g/mol. The van der Waals surface area contributed by atoms with E-state index in [9.17, 15) is 4.79 Å². The normalized spacial score (nSPS) is 9.50. The van der Waals surface area contributed by atoms with E-state index in [1.165, 1.54) is 6.20 Å². The molecule has 0 spiro atoms. The van der Waals surface area contributed by atoms with Gasteiger partial charge in [-0.3, -0.25) is 9.78 Å². The van der Waals surface area contributed by atoms with E-state index in [4.69, 9.17) is 5.26 Å². The Morgan fingerprint density at radius 1 is 1.33 bits per heavy atom. The molecule has 1 aromatic carbocycles. The van der Waals surface area contributed by atoms with Crippen molar-refractivity contribution in [3.05, 3.63) is 65.5 Å². The summed E-state index contributed by atoms with van der Waals surface area (Å²) < 4.78 is 0. The van der Waals surface area contributed by atoms with Gasteiger partial charge in [-0.15, -0.1) is 0 Å². The lowest BCUT2D eigenvalue weighted by Gasteiger charge is -2.05. The Bertz CT molecular complexity index is 587. The molecule has 0 bridgehead atoms. The fraction of sp³-hybridized carbons (Fsp3) is 0.0714. The highest BCUT2D eigenvalue weighted by Crippen LogP contribution is 2.04. The second kappa shape index (κ2) is 5.60. The van der Waals surface area contributed by atoms with Gasteiger partial charge in [-0.1, -0.05) is 12.1 Å². The number of pyridine rings is 1. The molecule has 0 saturated heterocycles. The number of rotatable bonds is 3. The van der Waals surface area contributed by atoms with Crippen LogP contribution in [0.5, 0.6) is 0 Å². The van der Waals surface area contributed by atoms with Crippen molar-refractivity contribution in [2.75, 3.05) is 0 Å². The summed E-state index contributed by atoms with van der Waals surface area (Å²) in [4.78, 5) is 15.6. The molecule has 0 radical (unpaired) electrons. The molecule has 0 saturated carbocycles. The monoisotopic (exact) mass is 237 g/mol. The number of nitriles is 1. The Kier molecular flexibility index (Phi) is 3.67. The predicted molar refractivity (Wildman–Crippen MR) is 66.6 cm³/mol. The number of aromatic nitrogens is 1. The number of nitrogens with one attached hydrogen (secondary N) is 1. The third-order valence-electron chi connectivity index (χ3n) is 2.43. The van der Waals surface area contributed by atoms with Crippen molar-refractivity contribution < 1.29 is 4.79 Å². The minimum atomic E-state index is -0.175. The first-order valence-electron chi connectivity index (χ1n) is 5.47. The number of nitrogens with zero attached hydrogens (tertiary/aromatic N) is 2.